The summed E-state index contributed by atoms with van der Waals surface area (Å²) >= 11 is 0. The summed E-state index contributed by atoms with van der Waals surface area (Å²) in [5.41, 5.74) is 1.24. The Labute approximate surface area is 210 Å². The van der Waals surface area contributed by atoms with Gasteiger partial charge in [0.1, 0.15) is 29.7 Å². The van der Waals surface area contributed by atoms with Crippen molar-refractivity contribution in [3.05, 3.63) is 83.9 Å². The number of benzene rings is 2. The van der Waals surface area contributed by atoms with Crippen molar-refractivity contribution in [3.8, 4) is 0 Å². The van der Waals surface area contributed by atoms with E-state index in [0.29, 0.717) is 32.1 Å². The van der Waals surface area contributed by atoms with Gasteiger partial charge in [0.25, 0.3) is 0 Å². The molecular formula is C24H29F2IN6. The van der Waals surface area contributed by atoms with E-state index in [4.69, 9.17) is 4.99 Å². The van der Waals surface area contributed by atoms with Crippen molar-refractivity contribution in [2.45, 2.75) is 32.5 Å². The highest BCUT2D eigenvalue weighted by Crippen LogP contribution is 2.26. The van der Waals surface area contributed by atoms with Crippen LogP contribution in [0.4, 0.5) is 14.5 Å². The van der Waals surface area contributed by atoms with E-state index in [-0.39, 0.29) is 35.7 Å². The van der Waals surface area contributed by atoms with Gasteiger partial charge in [-0.1, -0.05) is 36.4 Å². The van der Waals surface area contributed by atoms with E-state index in [0.717, 1.165) is 18.8 Å². The van der Waals surface area contributed by atoms with Crippen LogP contribution in [0.5, 0.6) is 0 Å². The number of rotatable bonds is 7. The standard InChI is InChI=1S/C24H28F2N6.HI/c1-2-27-24(29-15-22-28-12-14-31(22)16-18-7-4-3-5-8-18)30-19-11-13-32(17-19)23-20(25)9-6-10-21(23)26;/h3-10,12,14,19H,2,11,13,15-17H2,1H3,(H2,27,29,30);1H. The van der Waals surface area contributed by atoms with Crippen LogP contribution < -0.4 is 15.5 Å². The summed E-state index contributed by atoms with van der Waals surface area (Å²) in [6.07, 6.45) is 4.50. The van der Waals surface area contributed by atoms with Crippen molar-refractivity contribution in [2.75, 3.05) is 24.5 Å². The molecule has 33 heavy (non-hydrogen) atoms. The molecule has 1 aliphatic heterocycles. The lowest BCUT2D eigenvalue weighted by Gasteiger charge is -2.21. The molecule has 1 unspecified atom stereocenters. The first kappa shape index (κ1) is 24.9. The zero-order valence-corrected chi connectivity index (χ0v) is 20.9. The van der Waals surface area contributed by atoms with E-state index in [1.807, 2.05) is 31.3 Å². The Hall–Kier alpha value is -2.69. The summed E-state index contributed by atoms with van der Waals surface area (Å²) in [7, 11) is 0. The molecule has 0 saturated carbocycles. The van der Waals surface area contributed by atoms with Gasteiger partial charge in [-0.25, -0.2) is 18.8 Å². The average molecular weight is 566 g/mol. The van der Waals surface area contributed by atoms with Crippen LogP contribution in [-0.4, -0.2) is 41.2 Å². The first-order valence-corrected chi connectivity index (χ1v) is 10.9. The van der Waals surface area contributed by atoms with Gasteiger partial charge in [0.05, 0.1) is 0 Å². The fourth-order valence-corrected chi connectivity index (χ4v) is 3.95. The van der Waals surface area contributed by atoms with Gasteiger partial charge in [-0.15, -0.1) is 24.0 Å². The molecule has 1 aromatic heterocycles. The number of nitrogens with one attached hydrogen (secondary N) is 2. The lowest BCUT2D eigenvalue weighted by molar-refractivity contribution is 0.576. The lowest BCUT2D eigenvalue weighted by atomic mass is 10.2. The molecule has 9 heteroatoms. The molecule has 0 spiro atoms. The Morgan fingerprint density at radius 1 is 1.12 bits per heavy atom. The van der Waals surface area contributed by atoms with Crippen molar-refractivity contribution in [1.29, 1.82) is 0 Å². The summed E-state index contributed by atoms with van der Waals surface area (Å²) in [6, 6.07) is 14.2. The van der Waals surface area contributed by atoms with Gasteiger partial charge in [-0.3, -0.25) is 0 Å². The first-order valence-electron chi connectivity index (χ1n) is 10.9. The number of halogens is 3. The number of guanidine groups is 1. The summed E-state index contributed by atoms with van der Waals surface area (Å²) in [6.45, 7) is 4.96. The third kappa shape index (κ3) is 6.43. The van der Waals surface area contributed by atoms with Gasteiger partial charge in [0.15, 0.2) is 5.96 Å². The average Bonchev–Trinajstić information content (AvgIpc) is 3.42. The summed E-state index contributed by atoms with van der Waals surface area (Å²) < 4.78 is 30.4. The van der Waals surface area contributed by atoms with Gasteiger partial charge in [-0.2, -0.15) is 0 Å². The zero-order valence-electron chi connectivity index (χ0n) is 18.5. The van der Waals surface area contributed by atoms with Crippen molar-refractivity contribution in [3.63, 3.8) is 0 Å². The number of para-hydroxylation sites is 1. The molecule has 1 atom stereocenters. The second-order valence-corrected chi connectivity index (χ2v) is 7.80. The Kier molecular flexibility index (Phi) is 9.04. The van der Waals surface area contributed by atoms with Crippen LogP contribution in [0.15, 0.2) is 65.9 Å². The van der Waals surface area contributed by atoms with E-state index in [1.165, 1.54) is 23.8 Å². The van der Waals surface area contributed by atoms with E-state index in [1.54, 1.807) is 11.1 Å². The van der Waals surface area contributed by atoms with Crippen LogP contribution in [0.3, 0.4) is 0 Å². The van der Waals surface area contributed by atoms with Crippen molar-refractivity contribution in [1.82, 2.24) is 20.2 Å². The maximum Gasteiger partial charge on any atom is 0.191 e. The maximum atomic E-state index is 14.1. The predicted octanol–water partition coefficient (Wildman–Crippen LogP) is 4.16. The number of anilines is 1. The Bertz CT molecular complexity index is 1040. The van der Waals surface area contributed by atoms with E-state index < -0.39 is 11.6 Å². The number of aromatic nitrogens is 2. The van der Waals surface area contributed by atoms with Crippen LogP contribution in [0.2, 0.25) is 0 Å². The number of nitrogens with zero attached hydrogens (tertiary/aromatic N) is 4. The minimum absolute atomic E-state index is 0. The quantitative estimate of drug-likeness (QED) is 0.256. The van der Waals surface area contributed by atoms with Crippen LogP contribution >= 0.6 is 24.0 Å². The second-order valence-electron chi connectivity index (χ2n) is 7.80. The van der Waals surface area contributed by atoms with Gasteiger partial charge in [0, 0.05) is 44.6 Å². The molecule has 1 aliphatic rings. The number of aliphatic imine (C=N–C) groups is 1. The van der Waals surface area contributed by atoms with Gasteiger partial charge in [0.2, 0.25) is 0 Å². The minimum atomic E-state index is -0.531. The lowest BCUT2D eigenvalue weighted by Crippen LogP contribution is -2.44. The fraction of sp³-hybridized carbons (Fsp3) is 0.333. The smallest absolute Gasteiger partial charge is 0.191 e. The summed E-state index contributed by atoms with van der Waals surface area (Å²) in [4.78, 5) is 10.9. The first-order chi connectivity index (χ1) is 15.6. The highest BCUT2D eigenvalue weighted by atomic mass is 127. The van der Waals surface area contributed by atoms with Gasteiger partial charge in [-0.05, 0) is 31.0 Å². The molecule has 176 valence electrons. The molecule has 2 aromatic carbocycles. The number of imidazole rings is 1. The molecule has 4 rings (SSSR count). The normalized spacial score (nSPS) is 15.9. The Morgan fingerprint density at radius 2 is 1.88 bits per heavy atom. The molecule has 6 nitrogen and oxygen atoms in total. The van der Waals surface area contributed by atoms with Crippen molar-refractivity contribution >= 4 is 35.6 Å². The molecule has 2 N–H and O–H groups in total. The van der Waals surface area contributed by atoms with Gasteiger partial charge < -0.3 is 20.1 Å². The largest absolute Gasteiger partial charge is 0.365 e. The van der Waals surface area contributed by atoms with E-state index in [2.05, 4.69) is 32.3 Å². The van der Waals surface area contributed by atoms with Crippen molar-refractivity contribution < 1.29 is 8.78 Å². The monoisotopic (exact) mass is 566 g/mol. The zero-order chi connectivity index (χ0) is 22.3. The van der Waals surface area contributed by atoms with Crippen molar-refractivity contribution in [2.24, 2.45) is 4.99 Å². The molecule has 0 radical (unpaired) electrons. The highest BCUT2D eigenvalue weighted by molar-refractivity contribution is 14.0. The highest BCUT2D eigenvalue weighted by Gasteiger charge is 2.27. The molecule has 0 bridgehead atoms. The summed E-state index contributed by atoms with van der Waals surface area (Å²) in [5, 5.41) is 6.66. The molecule has 1 saturated heterocycles. The Balaban J connectivity index is 0.00000306. The third-order valence-electron chi connectivity index (χ3n) is 5.50. The number of hydrogen-bond donors (Lipinski definition) is 2. The fourth-order valence-electron chi connectivity index (χ4n) is 3.95. The summed E-state index contributed by atoms with van der Waals surface area (Å²) in [5.74, 6) is 0.475. The molecule has 0 amide bonds. The number of hydrogen-bond acceptors (Lipinski definition) is 3. The molecule has 2 heterocycles. The molecule has 0 aliphatic carbocycles. The van der Waals surface area contributed by atoms with Gasteiger partial charge >= 0.3 is 0 Å². The predicted molar refractivity (Wildman–Crippen MR) is 138 cm³/mol. The topological polar surface area (TPSA) is 57.5 Å². The van der Waals surface area contributed by atoms with Crippen LogP contribution in [0, 0.1) is 11.6 Å². The van der Waals surface area contributed by atoms with Crippen LogP contribution in [0.1, 0.15) is 24.7 Å². The van der Waals surface area contributed by atoms with Crippen LogP contribution in [0.25, 0.3) is 0 Å². The molecular weight excluding hydrogens is 537 g/mol. The SMILES string of the molecule is CCNC(=NCc1nccn1Cc1ccccc1)NC1CCN(c2c(F)cccc2F)C1.I. The molecule has 3 aromatic rings. The Morgan fingerprint density at radius 3 is 2.61 bits per heavy atom. The second kappa shape index (κ2) is 12.0. The third-order valence-corrected chi connectivity index (χ3v) is 5.50. The maximum absolute atomic E-state index is 14.1. The minimum Gasteiger partial charge on any atom is -0.365 e. The van der Waals surface area contributed by atoms with Crippen LogP contribution in [-0.2, 0) is 13.1 Å². The van der Waals surface area contributed by atoms with E-state index >= 15 is 0 Å². The van der Waals surface area contributed by atoms with E-state index in [9.17, 15) is 8.78 Å². The molecule has 1 fully saturated rings.